The number of rotatable bonds is 7. The third-order valence-electron chi connectivity index (χ3n) is 5.47. The summed E-state index contributed by atoms with van der Waals surface area (Å²) in [5, 5.41) is 6.51. The molecule has 1 amide bonds. The predicted octanol–water partition coefficient (Wildman–Crippen LogP) is 5.51. The van der Waals surface area contributed by atoms with Crippen LogP contribution in [0.25, 0.3) is 0 Å². The van der Waals surface area contributed by atoms with Gasteiger partial charge < -0.3 is 14.8 Å². The van der Waals surface area contributed by atoms with Gasteiger partial charge in [-0.25, -0.2) is 4.79 Å². The molecular formula is C26H26N2O4S2. The van der Waals surface area contributed by atoms with Crippen LogP contribution in [-0.2, 0) is 24.2 Å². The molecule has 1 heterocycles. The minimum atomic E-state index is -0.357. The first kappa shape index (κ1) is 23.9. The van der Waals surface area contributed by atoms with Crippen molar-refractivity contribution in [2.75, 3.05) is 11.9 Å². The fourth-order valence-corrected chi connectivity index (χ4v) is 5.37. The monoisotopic (exact) mass is 494 g/mol. The molecule has 0 bridgehead atoms. The summed E-state index contributed by atoms with van der Waals surface area (Å²) < 4.78 is 11.0. The number of benzene rings is 2. The van der Waals surface area contributed by atoms with Gasteiger partial charge in [0.05, 0.1) is 12.2 Å². The van der Waals surface area contributed by atoms with Crippen LogP contribution in [0.4, 0.5) is 5.00 Å². The highest BCUT2D eigenvalue weighted by Crippen LogP contribution is 2.38. The molecule has 0 unspecified atom stereocenters. The fraction of sp³-hybridized carbons (Fsp3) is 0.269. The summed E-state index contributed by atoms with van der Waals surface area (Å²) in [7, 11) is 0. The van der Waals surface area contributed by atoms with E-state index < -0.39 is 0 Å². The van der Waals surface area contributed by atoms with Crippen molar-refractivity contribution in [3.63, 3.8) is 0 Å². The second kappa shape index (κ2) is 11.3. The van der Waals surface area contributed by atoms with Crippen molar-refractivity contribution >= 4 is 45.5 Å². The lowest BCUT2D eigenvalue weighted by Crippen LogP contribution is -2.34. The molecule has 0 saturated heterocycles. The van der Waals surface area contributed by atoms with Crippen molar-refractivity contribution in [1.29, 1.82) is 0 Å². The summed E-state index contributed by atoms with van der Waals surface area (Å²) in [5.41, 5.74) is 3.10. The SMILES string of the molecule is CCOC(=O)c1c(NC(=S)NC(=O)c2ccc(OCc3ccccc3)cc2)sc2c1CCCC2. The van der Waals surface area contributed by atoms with E-state index in [9.17, 15) is 9.59 Å². The molecule has 3 aromatic rings. The predicted molar refractivity (Wildman–Crippen MR) is 138 cm³/mol. The summed E-state index contributed by atoms with van der Waals surface area (Å²) in [6.07, 6.45) is 3.93. The topological polar surface area (TPSA) is 76.7 Å². The van der Waals surface area contributed by atoms with Crippen molar-refractivity contribution in [3.05, 3.63) is 81.7 Å². The van der Waals surface area contributed by atoms with Gasteiger partial charge in [-0.05, 0) is 80.2 Å². The van der Waals surface area contributed by atoms with Gasteiger partial charge in [0.25, 0.3) is 5.91 Å². The molecule has 0 radical (unpaired) electrons. The van der Waals surface area contributed by atoms with E-state index >= 15 is 0 Å². The third kappa shape index (κ3) is 5.81. The van der Waals surface area contributed by atoms with Gasteiger partial charge in [0.2, 0.25) is 0 Å². The zero-order chi connectivity index (χ0) is 23.9. The molecule has 1 aliphatic rings. The average molecular weight is 495 g/mol. The number of anilines is 1. The first-order chi connectivity index (χ1) is 16.5. The first-order valence-corrected chi connectivity index (χ1v) is 12.5. The number of ether oxygens (including phenoxy) is 2. The van der Waals surface area contributed by atoms with Gasteiger partial charge in [0.1, 0.15) is 17.4 Å². The van der Waals surface area contributed by atoms with Gasteiger partial charge in [-0.3, -0.25) is 10.1 Å². The normalized spacial score (nSPS) is 12.4. The summed E-state index contributed by atoms with van der Waals surface area (Å²) >= 11 is 6.88. The number of carbonyl (C=O) groups is 2. The molecule has 8 heteroatoms. The molecule has 1 aliphatic carbocycles. The van der Waals surface area contributed by atoms with Crippen molar-refractivity contribution in [1.82, 2.24) is 5.32 Å². The minimum Gasteiger partial charge on any atom is -0.489 e. The van der Waals surface area contributed by atoms with E-state index in [2.05, 4.69) is 10.6 Å². The summed E-state index contributed by atoms with van der Waals surface area (Å²) in [4.78, 5) is 26.5. The Labute approximate surface area is 208 Å². The van der Waals surface area contributed by atoms with Crippen molar-refractivity contribution in [2.45, 2.75) is 39.2 Å². The highest BCUT2D eigenvalue weighted by atomic mass is 32.1. The van der Waals surface area contributed by atoms with Crippen LogP contribution in [0.2, 0.25) is 0 Å². The Hall–Kier alpha value is -3.23. The van der Waals surface area contributed by atoms with E-state index in [1.165, 1.54) is 16.2 Å². The average Bonchev–Trinajstić information content (AvgIpc) is 3.21. The molecule has 1 aromatic heterocycles. The third-order valence-corrected chi connectivity index (χ3v) is 6.88. The summed E-state index contributed by atoms with van der Waals surface area (Å²) in [5.74, 6) is -0.0277. The molecule has 6 nitrogen and oxygen atoms in total. The number of hydrogen-bond donors (Lipinski definition) is 2. The lowest BCUT2D eigenvalue weighted by molar-refractivity contribution is 0.0526. The molecule has 34 heavy (non-hydrogen) atoms. The number of thiophene rings is 1. The van der Waals surface area contributed by atoms with Gasteiger partial charge in [-0.1, -0.05) is 30.3 Å². The zero-order valence-corrected chi connectivity index (χ0v) is 20.5. The second-order valence-electron chi connectivity index (χ2n) is 7.84. The Morgan fingerprint density at radius 2 is 1.76 bits per heavy atom. The molecule has 2 aromatic carbocycles. The van der Waals surface area contributed by atoms with E-state index in [0.717, 1.165) is 36.8 Å². The Morgan fingerprint density at radius 1 is 1.03 bits per heavy atom. The maximum atomic E-state index is 12.7. The van der Waals surface area contributed by atoms with Crippen LogP contribution in [0.3, 0.4) is 0 Å². The lowest BCUT2D eigenvalue weighted by atomic mass is 9.95. The molecule has 176 valence electrons. The van der Waals surface area contributed by atoms with E-state index in [0.29, 0.717) is 35.1 Å². The highest BCUT2D eigenvalue weighted by Gasteiger charge is 2.27. The van der Waals surface area contributed by atoms with Gasteiger partial charge in [-0.15, -0.1) is 11.3 Å². The van der Waals surface area contributed by atoms with E-state index in [-0.39, 0.29) is 17.0 Å². The maximum absolute atomic E-state index is 12.7. The summed E-state index contributed by atoms with van der Waals surface area (Å²) in [6, 6.07) is 16.7. The summed E-state index contributed by atoms with van der Waals surface area (Å²) in [6.45, 7) is 2.54. The van der Waals surface area contributed by atoms with E-state index in [1.54, 1.807) is 31.2 Å². The van der Waals surface area contributed by atoms with Crippen molar-refractivity contribution in [2.24, 2.45) is 0 Å². The largest absolute Gasteiger partial charge is 0.489 e. The molecule has 4 rings (SSSR count). The number of aryl methyl sites for hydroxylation is 1. The van der Waals surface area contributed by atoms with Crippen LogP contribution >= 0.6 is 23.6 Å². The molecule has 0 saturated carbocycles. The van der Waals surface area contributed by atoms with Crippen LogP contribution in [0.5, 0.6) is 5.75 Å². The van der Waals surface area contributed by atoms with Crippen LogP contribution < -0.4 is 15.4 Å². The Balaban J connectivity index is 1.38. The van der Waals surface area contributed by atoms with Gasteiger partial charge >= 0.3 is 5.97 Å². The Kier molecular flexibility index (Phi) is 7.92. The number of esters is 1. The molecule has 0 spiro atoms. The van der Waals surface area contributed by atoms with Crippen molar-refractivity contribution in [3.8, 4) is 5.75 Å². The first-order valence-electron chi connectivity index (χ1n) is 11.3. The standard InChI is InChI=1S/C26H26N2O4S2/c1-2-31-25(30)22-20-10-6-7-11-21(20)34-24(22)28-26(33)27-23(29)18-12-14-19(15-13-18)32-16-17-8-4-3-5-9-17/h3-5,8-9,12-15H,2,6-7,10-11,16H2,1H3,(H2,27,28,29,33). The zero-order valence-electron chi connectivity index (χ0n) is 18.9. The molecular weight excluding hydrogens is 468 g/mol. The molecule has 0 aliphatic heterocycles. The number of thiocarbonyl (C=S) groups is 1. The number of nitrogens with one attached hydrogen (secondary N) is 2. The fourth-order valence-electron chi connectivity index (χ4n) is 3.83. The lowest BCUT2D eigenvalue weighted by Gasteiger charge is -2.13. The van der Waals surface area contributed by atoms with Gasteiger partial charge in [0.15, 0.2) is 5.11 Å². The number of fused-ring (bicyclic) bond motifs is 1. The minimum absolute atomic E-state index is 0.138. The molecule has 2 N–H and O–H groups in total. The smallest absolute Gasteiger partial charge is 0.341 e. The van der Waals surface area contributed by atoms with Crippen LogP contribution in [0, 0.1) is 0 Å². The van der Waals surface area contributed by atoms with Gasteiger partial charge in [0, 0.05) is 10.4 Å². The Bertz CT molecular complexity index is 1170. The van der Waals surface area contributed by atoms with E-state index in [1.807, 2.05) is 30.3 Å². The van der Waals surface area contributed by atoms with E-state index in [4.69, 9.17) is 21.7 Å². The van der Waals surface area contributed by atoms with Crippen molar-refractivity contribution < 1.29 is 19.1 Å². The quantitative estimate of drug-likeness (QED) is 0.333. The maximum Gasteiger partial charge on any atom is 0.341 e. The number of hydrogen-bond acceptors (Lipinski definition) is 6. The van der Waals surface area contributed by atoms with Crippen LogP contribution in [-0.4, -0.2) is 23.6 Å². The molecule has 0 fully saturated rings. The number of carbonyl (C=O) groups excluding carboxylic acids is 2. The Morgan fingerprint density at radius 3 is 2.50 bits per heavy atom. The van der Waals surface area contributed by atoms with Crippen LogP contribution in [0.15, 0.2) is 54.6 Å². The number of amides is 1. The van der Waals surface area contributed by atoms with Gasteiger partial charge in [-0.2, -0.15) is 0 Å². The van der Waals surface area contributed by atoms with Crippen LogP contribution in [0.1, 0.15) is 56.5 Å². The second-order valence-corrected chi connectivity index (χ2v) is 9.36. The molecule has 0 atom stereocenters. The highest BCUT2D eigenvalue weighted by molar-refractivity contribution is 7.80.